The van der Waals surface area contributed by atoms with Gasteiger partial charge in [-0.3, -0.25) is 0 Å². The van der Waals surface area contributed by atoms with Gasteiger partial charge in [0, 0.05) is 0 Å². The molecule has 2 N–H and O–H groups in total. The Morgan fingerprint density at radius 3 is 1.38 bits per heavy atom. The lowest BCUT2D eigenvalue weighted by molar-refractivity contribution is 0.457. The van der Waals surface area contributed by atoms with Crippen LogP contribution in [-0.4, -0.2) is 6.54 Å². The molecule has 1 nitrogen and oxygen atoms in total. The van der Waals surface area contributed by atoms with Crippen molar-refractivity contribution in [2.75, 3.05) is 6.54 Å². The van der Waals surface area contributed by atoms with Gasteiger partial charge in [0.05, 0.1) is 0 Å². The van der Waals surface area contributed by atoms with E-state index in [0.29, 0.717) is 0 Å². The van der Waals surface area contributed by atoms with Crippen LogP contribution >= 0.6 is 0 Å². The molecule has 0 spiro atoms. The van der Waals surface area contributed by atoms with Gasteiger partial charge in [-0.2, -0.15) is 0 Å². The molecule has 0 bridgehead atoms. The van der Waals surface area contributed by atoms with Crippen LogP contribution in [0.1, 0.15) is 94.6 Å². The van der Waals surface area contributed by atoms with Gasteiger partial charge < -0.3 is 5.73 Å². The first-order valence-electron chi connectivity index (χ1n) is 13.0. The van der Waals surface area contributed by atoms with Crippen LogP contribution < -0.4 is 5.73 Å². The zero-order valence-electron chi connectivity index (χ0n) is 20.1. The summed E-state index contributed by atoms with van der Waals surface area (Å²) in [5.74, 6) is 0.734. The van der Waals surface area contributed by atoms with E-state index in [9.17, 15) is 0 Å². The maximum absolute atomic E-state index is 5.56. The van der Waals surface area contributed by atoms with Crippen LogP contribution in [0.25, 0.3) is 12.2 Å². The van der Waals surface area contributed by atoms with E-state index in [2.05, 4.69) is 85.0 Å². The fourth-order valence-corrected chi connectivity index (χ4v) is 4.24. The second-order valence-corrected chi connectivity index (χ2v) is 9.08. The van der Waals surface area contributed by atoms with E-state index < -0.39 is 0 Å². The van der Waals surface area contributed by atoms with Gasteiger partial charge in [0.15, 0.2) is 0 Å². The second-order valence-electron chi connectivity index (χ2n) is 9.08. The fourth-order valence-electron chi connectivity index (χ4n) is 4.24. The molecule has 2 aromatic rings. The monoisotopic (exact) mass is 431 g/mol. The number of unbranched alkanes of at least 4 members (excludes halogenated alkanes) is 9. The molecule has 0 unspecified atom stereocenters. The van der Waals surface area contributed by atoms with E-state index in [1.54, 1.807) is 0 Å². The minimum atomic E-state index is 0.734. The number of rotatable bonds is 18. The molecule has 0 saturated carbocycles. The molecular formula is C31H45N. The molecule has 2 aromatic carbocycles. The topological polar surface area (TPSA) is 26.0 Å². The molecule has 2 rings (SSSR count). The summed E-state index contributed by atoms with van der Waals surface area (Å²) in [6.07, 6.45) is 26.6. The summed E-state index contributed by atoms with van der Waals surface area (Å²) in [5, 5.41) is 0. The molecular weight excluding hydrogens is 386 g/mol. The Kier molecular flexibility index (Phi) is 15.1. The normalized spacial score (nSPS) is 12.7. The third-order valence-corrected chi connectivity index (χ3v) is 6.23. The van der Waals surface area contributed by atoms with E-state index >= 15 is 0 Å². The smallest absolute Gasteiger partial charge is 0.00773 e. The van der Waals surface area contributed by atoms with Crippen LogP contribution in [0.4, 0.5) is 0 Å². The Balaban J connectivity index is 1.66. The largest absolute Gasteiger partial charge is 0.330 e. The SMILES string of the molecule is NCCCCCCCCCCCCC(CC=Cc1ccccc1)CC=Cc1ccccc1. The summed E-state index contributed by atoms with van der Waals surface area (Å²) in [4.78, 5) is 0. The minimum absolute atomic E-state index is 0.734. The van der Waals surface area contributed by atoms with Crippen LogP contribution in [0.5, 0.6) is 0 Å². The van der Waals surface area contributed by atoms with Crippen LogP contribution in [0.3, 0.4) is 0 Å². The van der Waals surface area contributed by atoms with Crippen LogP contribution in [0.2, 0.25) is 0 Å². The van der Waals surface area contributed by atoms with Gasteiger partial charge in [-0.05, 0) is 49.3 Å². The minimum Gasteiger partial charge on any atom is -0.330 e. The van der Waals surface area contributed by atoms with E-state index in [1.165, 1.54) is 81.8 Å². The molecule has 0 radical (unpaired) electrons. The average molecular weight is 432 g/mol. The standard InChI is InChI=1S/C31H45N/c32-28-16-8-6-4-2-1-3-5-7-11-19-31(26-17-24-29-20-12-9-13-21-29)27-18-25-30-22-14-10-15-23-30/h9-10,12-15,17-18,20-25,31H,1-8,11,16,19,26-28,32H2. The maximum Gasteiger partial charge on any atom is -0.00773 e. The van der Waals surface area contributed by atoms with Gasteiger partial charge in [0.1, 0.15) is 0 Å². The van der Waals surface area contributed by atoms with Gasteiger partial charge in [-0.15, -0.1) is 0 Å². The maximum atomic E-state index is 5.56. The van der Waals surface area contributed by atoms with Gasteiger partial charge in [0.2, 0.25) is 0 Å². The van der Waals surface area contributed by atoms with Crippen molar-refractivity contribution in [3.05, 3.63) is 83.9 Å². The number of hydrogen-bond donors (Lipinski definition) is 1. The van der Waals surface area contributed by atoms with Gasteiger partial charge in [0.25, 0.3) is 0 Å². The Labute approximate surface area is 197 Å². The molecule has 174 valence electrons. The predicted molar refractivity (Wildman–Crippen MR) is 144 cm³/mol. The first kappa shape index (κ1) is 26.1. The molecule has 0 aliphatic heterocycles. The fraction of sp³-hybridized carbons (Fsp3) is 0.484. The lowest BCUT2D eigenvalue weighted by atomic mass is 9.93. The summed E-state index contributed by atoms with van der Waals surface area (Å²) in [6, 6.07) is 21.3. The number of hydrogen-bond acceptors (Lipinski definition) is 1. The van der Waals surface area contributed by atoms with Crippen molar-refractivity contribution in [1.29, 1.82) is 0 Å². The zero-order valence-corrected chi connectivity index (χ0v) is 20.1. The van der Waals surface area contributed by atoms with Crippen molar-refractivity contribution in [2.45, 2.75) is 83.5 Å². The second kappa shape index (κ2) is 18.5. The van der Waals surface area contributed by atoms with Crippen molar-refractivity contribution in [3.63, 3.8) is 0 Å². The Hall–Kier alpha value is -2.12. The molecule has 0 saturated heterocycles. The van der Waals surface area contributed by atoms with Crippen molar-refractivity contribution < 1.29 is 0 Å². The van der Waals surface area contributed by atoms with Gasteiger partial charge >= 0.3 is 0 Å². The van der Waals surface area contributed by atoms with Crippen LogP contribution in [0.15, 0.2) is 72.8 Å². The van der Waals surface area contributed by atoms with Gasteiger partial charge in [-0.25, -0.2) is 0 Å². The van der Waals surface area contributed by atoms with E-state index in [-0.39, 0.29) is 0 Å². The van der Waals surface area contributed by atoms with Gasteiger partial charge in [-0.1, -0.05) is 143 Å². The van der Waals surface area contributed by atoms with Crippen molar-refractivity contribution >= 4 is 12.2 Å². The van der Waals surface area contributed by atoms with E-state index in [0.717, 1.165) is 25.3 Å². The molecule has 32 heavy (non-hydrogen) atoms. The highest BCUT2D eigenvalue weighted by Gasteiger charge is 2.05. The van der Waals surface area contributed by atoms with Crippen molar-refractivity contribution in [2.24, 2.45) is 11.7 Å². The lowest BCUT2D eigenvalue weighted by Crippen LogP contribution is -1.98. The van der Waals surface area contributed by atoms with E-state index in [1.807, 2.05) is 0 Å². The Morgan fingerprint density at radius 1 is 0.531 bits per heavy atom. The highest BCUT2D eigenvalue weighted by molar-refractivity contribution is 5.49. The van der Waals surface area contributed by atoms with Crippen LogP contribution in [0, 0.1) is 5.92 Å². The molecule has 0 heterocycles. The summed E-state index contributed by atoms with van der Waals surface area (Å²) < 4.78 is 0. The molecule has 0 fully saturated rings. The third kappa shape index (κ3) is 13.3. The summed E-state index contributed by atoms with van der Waals surface area (Å²) in [5.41, 5.74) is 8.16. The summed E-state index contributed by atoms with van der Waals surface area (Å²) >= 11 is 0. The first-order valence-corrected chi connectivity index (χ1v) is 13.0. The Bertz CT molecular complexity index is 665. The first-order chi connectivity index (χ1) is 15.9. The predicted octanol–water partition coefficient (Wildman–Crippen LogP) is 9.06. The Morgan fingerprint density at radius 2 is 0.938 bits per heavy atom. The highest BCUT2D eigenvalue weighted by atomic mass is 14.5. The lowest BCUT2D eigenvalue weighted by Gasteiger charge is -2.13. The van der Waals surface area contributed by atoms with Crippen molar-refractivity contribution in [1.82, 2.24) is 0 Å². The van der Waals surface area contributed by atoms with E-state index in [4.69, 9.17) is 5.73 Å². The summed E-state index contributed by atoms with van der Waals surface area (Å²) in [7, 11) is 0. The molecule has 0 aliphatic rings. The molecule has 1 heteroatoms. The van der Waals surface area contributed by atoms with Crippen LogP contribution in [-0.2, 0) is 0 Å². The molecule has 0 aromatic heterocycles. The zero-order chi connectivity index (χ0) is 22.5. The average Bonchev–Trinajstić information content (AvgIpc) is 2.83. The molecule has 0 atom stereocenters. The third-order valence-electron chi connectivity index (χ3n) is 6.23. The number of nitrogens with two attached hydrogens (primary N) is 1. The quantitative estimate of drug-likeness (QED) is 0.234. The molecule has 0 aliphatic carbocycles. The van der Waals surface area contributed by atoms with Crippen molar-refractivity contribution in [3.8, 4) is 0 Å². The summed E-state index contributed by atoms with van der Waals surface area (Å²) in [6.45, 7) is 0.852. The highest BCUT2D eigenvalue weighted by Crippen LogP contribution is 2.21. The molecule has 0 amide bonds. The number of allylic oxidation sites excluding steroid dienone is 2. The number of benzene rings is 2.